The molecule has 0 amide bonds. The lowest BCUT2D eigenvalue weighted by Gasteiger charge is -1.86. The van der Waals surface area contributed by atoms with Gasteiger partial charge in [0.2, 0.25) is 0 Å². The van der Waals surface area contributed by atoms with E-state index in [1.54, 1.807) is 11.4 Å². The number of benzene rings is 1. The second kappa shape index (κ2) is 3.10. The summed E-state index contributed by atoms with van der Waals surface area (Å²) in [6.07, 6.45) is 0. The van der Waals surface area contributed by atoms with Crippen molar-refractivity contribution in [2.24, 2.45) is 0 Å². The highest BCUT2D eigenvalue weighted by Gasteiger charge is 2.02. The van der Waals surface area contributed by atoms with Crippen LogP contribution < -0.4 is 5.56 Å². The lowest BCUT2D eigenvalue weighted by atomic mass is 10.3. The van der Waals surface area contributed by atoms with E-state index in [1.165, 1.54) is 11.3 Å². The van der Waals surface area contributed by atoms with Gasteiger partial charge in [0, 0.05) is 10.8 Å². The van der Waals surface area contributed by atoms with Crippen molar-refractivity contribution in [3.05, 3.63) is 45.4 Å². The first-order valence-corrected chi connectivity index (χ1v) is 5.42. The monoisotopic (exact) mass is 214 g/mol. The first-order chi connectivity index (χ1) is 7.34. The quantitative estimate of drug-likeness (QED) is 0.576. The minimum absolute atomic E-state index is 0.208. The van der Waals surface area contributed by atoms with Gasteiger partial charge in [-0.2, -0.15) is 0 Å². The SMILES string of the molecule is O=c1nc2ccccc2nc2cscc12. The third-order valence-corrected chi connectivity index (χ3v) is 2.95. The average Bonchev–Trinajstić information content (AvgIpc) is 2.64. The topological polar surface area (TPSA) is 42.9 Å². The van der Waals surface area contributed by atoms with E-state index in [4.69, 9.17) is 0 Å². The first kappa shape index (κ1) is 8.49. The summed E-state index contributed by atoms with van der Waals surface area (Å²) in [5.74, 6) is 0. The van der Waals surface area contributed by atoms with Gasteiger partial charge in [-0.05, 0) is 12.1 Å². The second-order valence-electron chi connectivity index (χ2n) is 3.19. The van der Waals surface area contributed by atoms with Crippen molar-refractivity contribution in [1.29, 1.82) is 0 Å². The molecule has 15 heavy (non-hydrogen) atoms. The number of para-hydroxylation sites is 2. The van der Waals surface area contributed by atoms with Crippen LogP contribution in [-0.4, -0.2) is 9.97 Å². The zero-order valence-corrected chi connectivity index (χ0v) is 8.49. The smallest absolute Gasteiger partial charge is 0.267 e. The molecule has 0 saturated heterocycles. The summed E-state index contributed by atoms with van der Waals surface area (Å²) in [7, 11) is 0. The highest BCUT2D eigenvalue weighted by molar-refractivity contribution is 7.09. The Morgan fingerprint density at radius 3 is 2.47 bits per heavy atom. The number of thiophene rings is 1. The molecule has 0 fully saturated rings. The Morgan fingerprint density at radius 2 is 1.67 bits per heavy atom. The van der Waals surface area contributed by atoms with Crippen LogP contribution in [-0.2, 0) is 0 Å². The van der Waals surface area contributed by atoms with E-state index in [0.717, 1.165) is 11.0 Å². The summed E-state index contributed by atoms with van der Waals surface area (Å²) in [6.45, 7) is 0. The Kier molecular flexibility index (Phi) is 1.76. The summed E-state index contributed by atoms with van der Waals surface area (Å²) in [5, 5.41) is 4.25. The number of hydrogen-bond acceptors (Lipinski definition) is 4. The summed E-state index contributed by atoms with van der Waals surface area (Å²) < 4.78 is 0. The second-order valence-corrected chi connectivity index (χ2v) is 3.93. The molecule has 2 heterocycles. The van der Waals surface area contributed by atoms with Crippen molar-refractivity contribution in [1.82, 2.24) is 9.97 Å². The lowest BCUT2D eigenvalue weighted by molar-refractivity contribution is 1.36. The van der Waals surface area contributed by atoms with Crippen molar-refractivity contribution < 1.29 is 0 Å². The Labute approximate surface area is 89.0 Å². The Morgan fingerprint density at radius 1 is 0.933 bits per heavy atom. The molecular formula is C11H6N2OS. The van der Waals surface area contributed by atoms with Gasteiger partial charge in [-0.25, -0.2) is 9.97 Å². The predicted octanol–water partition coefficient (Wildman–Crippen LogP) is 2.20. The maximum absolute atomic E-state index is 11.7. The molecule has 3 rings (SSSR count). The van der Waals surface area contributed by atoms with Crippen molar-refractivity contribution >= 4 is 33.3 Å². The zero-order valence-electron chi connectivity index (χ0n) is 7.68. The fourth-order valence-electron chi connectivity index (χ4n) is 1.49. The van der Waals surface area contributed by atoms with E-state index in [0.29, 0.717) is 10.9 Å². The van der Waals surface area contributed by atoms with E-state index >= 15 is 0 Å². The van der Waals surface area contributed by atoms with Crippen LogP contribution in [0.15, 0.2) is 39.8 Å². The molecule has 0 bridgehead atoms. The van der Waals surface area contributed by atoms with Gasteiger partial charge in [-0.1, -0.05) is 12.1 Å². The molecule has 4 heteroatoms. The molecule has 1 aromatic carbocycles. The Balaban J connectivity index is 2.67. The van der Waals surface area contributed by atoms with Crippen molar-refractivity contribution in [2.75, 3.05) is 0 Å². The summed E-state index contributed by atoms with van der Waals surface area (Å²) >= 11 is 1.47. The molecule has 0 aliphatic heterocycles. The molecule has 72 valence electrons. The van der Waals surface area contributed by atoms with Gasteiger partial charge in [-0.15, -0.1) is 11.3 Å². The van der Waals surface area contributed by atoms with Gasteiger partial charge in [0.25, 0.3) is 5.56 Å². The number of fused-ring (bicyclic) bond motifs is 2. The van der Waals surface area contributed by atoms with Crippen LogP contribution in [0.5, 0.6) is 0 Å². The van der Waals surface area contributed by atoms with Crippen LogP contribution in [0.1, 0.15) is 0 Å². The number of hydrogen-bond donors (Lipinski definition) is 0. The van der Waals surface area contributed by atoms with Crippen LogP contribution in [0.2, 0.25) is 0 Å². The highest BCUT2D eigenvalue weighted by Crippen LogP contribution is 2.14. The summed E-state index contributed by atoms with van der Waals surface area (Å²) in [5.41, 5.74) is 1.91. The van der Waals surface area contributed by atoms with Gasteiger partial charge in [0.05, 0.1) is 21.9 Å². The third kappa shape index (κ3) is 1.30. The van der Waals surface area contributed by atoms with Crippen molar-refractivity contribution in [3.63, 3.8) is 0 Å². The normalized spacial score (nSPS) is 10.9. The third-order valence-electron chi connectivity index (χ3n) is 2.22. The van der Waals surface area contributed by atoms with E-state index in [9.17, 15) is 4.79 Å². The molecule has 3 nitrogen and oxygen atoms in total. The van der Waals surface area contributed by atoms with Gasteiger partial charge in [0.1, 0.15) is 0 Å². The van der Waals surface area contributed by atoms with Crippen LogP contribution in [0, 0.1) is 0 Å². The van der Waals surface area contributed by atoms with Crippen molar-refractivity contribution in [2.45, 2.75) is 0 Å². The summed E-state index contributed by atoms with van der Waals surface area (Å²) in [6, 6.07) is 7.40. The molecule has 0 radical (unpaired) electrons. The van der Waals surface area contributed by atoms with Gasteiger partial charge < -0.3 is 0 Å². The molecule has 2 aromatic heterocycles. The Hall–Kier alpha value is -1.81. The molecule has 0 unspecified atom stereocenters. The maximum atomic E-state index is 11.7. The maximum Gasteiger partial charge on any atom is 0.280 e. The fourth-order valence-corrected chi connectivity index (χ4v) is 2.22. The van der Waals surface area contributed by atoms with E-state index in [-0.39, 0.29) is 5.56 Å². The minimum Gasteiger partial charge on any atom is -0.267 e. The molecule has 0 N–H and O–H groups in total. The van der Waals surface area contributed by atoms with Crippen molar-refractivity contribution in [3.8, 4) is 0 Å². The average molecular weight is 214 g/mol. The molecular weight excluding hydrogens is 208 g/mol. The van der Waals surface area contributed by atoms with Crippen LogP contribution in [0.4, 0.5) is 0 Å². The standard InChI is InChI=1S/C11H6N2OS/c14-11-7-5-15-6-10(7)12-8-3-1-2-4-9(8)13-11/h1-6H. The lowest BCUT2D eigenvalue weighted by Crippen LogP contribution is -2.00. The molecule has 0 aliphatic rings. The van der Waals surface area contributed by atoms with Crippen LogP contribution >= 0.6 is 11.3 Å². The first-order valence-electron chi connectivity index (χ1n) is 4.47. The van der Waals surface area contributed by atoms with E-state index in [1.807, 2.05) is 23.6 Å². The molecule has 0 atom stereocenters. The minimum atomic E-state index is -0.208. The van der Waals surface area contributed by atoms with E-state index < -0.39 is 0 Å². The zero-order chi connectivity index (χ0) is 10.3. The molecule has 0 aliphatic carbocycles. The van der Waals surface area contributed by atoms with Gasteiger partial charge in [-0.3, -0.25) is 4.79 Å². The number of aromatic nitrogens is 2. The van der Waals surface area contributed by atoms with E-state index in [2.05, 4.69) is 9.97 Å². The largest absolute Gasteiger partial charge is 0.280 e. The molecule has 0 spiro atoms. The fraction of sp³-hybridized carbons (Fsp3) is 0. The van der Waals surface area contributed by atoms with Crippen LogP contribution in [0.25, 0.3) is 21.9 Å². The predicted molar refractivity (Wildman–Crippen MR) is 61.2 cm³/mol. The van der Waals surface area contributed by atoms with Gasteiger partial charge >= 0.3 is 0 Å². The molecule has 3 aromatic rings. The summed E-state index contributed by atoms with van der Waals surface area (Å²) in [4.78, 5) is 20.1. The number of rotatable bonds is 0. The molecule has 0 saturated carbocycles. The van der Waals surface area contributed by atoms with Crippen LogP contribution in [0.3, 0.4) is 0 Å². The highest BCUT2D eigenvalue weighted by atomic mass is 32.1. The number of nitrogens with zero attached hydrogens (tertiary/aromatic N) is 2. The Bertz CT molecular complexity index is 705. The van der Waals surface area contributed by atoms with Gasteiger partial charge in [0.15, 0.2) is 0 Å².